The number of carbonyl (C=O) groups excluding carboxylic acids is 2. The summed E-state index contributed by atoms with van der Waals surface area (Å²) in [5.41, 5.74) is 0.416. The number of benzene rings is 4. The summed E-state index contributed by atoms with van der Waals surface area (Å²) < 4.78 is 10.6. The highest BCUT2D eigenvalue weighted by molar-refractivity contribution is 5.90. The van der Waals surface area contributed by atoms with Gasteiger partial charge in [0, 0.05) is 30.8 Å². The standard InChI is InChI=1S/C32H30N4O10/c1-32(40)29(28(37)17-34(32)31(39)46-19-21-8-13-24(14-9-21)36(43)44)27-15-10-22(25-4-2-3-5-26(25)27)16-33-30(38)45-18-20-6-11-23(12-7-20)35(41)42/h2-15,28-29,37,40H,16-19H2,1H3,(H,33,38)/t28-,29?,32-/m0/s1. The zero-order valence-electron chi connectivity index (χ0n) is 24.6. The van der Waals surface area contributed by atoms with Gasteiger partial charge in [0.15, 0.2) is 0 Å². The van der Waals surface area contributed by atoms with E-state index in [9.17, 15) is 40.0 Å². The van der Waals surface area contributed by atoms with Crippen molar-refractivity contribution >= 4 is 34.3 Å². The van der Waals surface area contributed by atoms with Crippen molar-refractivity contribution in [2.45, 2.75) is 44.4 Å². The fourth-order valence-electron chi connectivity index (χ4n) is 5.60. The maximum atomic E-state index is 13.0. The van der Waals surface area contributed by atoms with Gasteiger partial charge in [-0.3, -0.25) is 25.1 Å². The number of alkyl carbamates (subject to hydrolysis) is 1. The molecule has 14 nitrogen and oxygen atoms in total. The Balaban J connectivity index is 1.26. The molecule has 3 atom stereocenters. The molecule has 4 aromatic rings. The molecule has 0 aromatic heterocycles. The number of ether oxygens (including phenoxy) is 2. The summed E-state index contributed by atoms with van der Waals surface area (Å²) in [7, 11) is 0. The summed E-state index contributed by atoms with van der Waals surface area (Å²) in [6.45, 7) is 1.06. The van der Waals surface area contributed by atoms with E-state index in [0.29, 0.717) is 22.1 Å². The van der Waals surface area contributed by atoms with Crippen LogP contribution in [0.1, 0.15) is 35.1 Å². The van der Waals surface area contributed by atoms with Crippen molar-refractivity contribution in [2.24, 2.45) is 0 Å². The number of hydrogen-bond donors (Lipinski definition) is 3. The number of nitrogens with zero attached hydrogens (tertiary/aromatic N) is 3. The van der Waals surface area contributed by atoms with E-state index in [1.165, 1.54) is 55.5 Å². The van der Waals surface area contributed by atoms with Crippen LogP contribution in [0.3, 0.4) is 0 Å². The number of aliphatic hydroxyl groups excluding tert-OH is 1. The maximum absolute atomic E-state index is 13.0. The first kappa shape index (κ1) is 31.8. The van der Waals surface area contributed by atoms with Crippen molar-refractivity contribution < 1.29 is 39.1 Å². The molecule has 0 radical (unpaired) electrons. The Kier molecular flexibility index (Phi) is 9.11. The number of β-amino-alcohol motifs (C(OH)–C–C–N with tert-alkyl or cyclic N) is 1. The van der Waals surface area contributed by atoms with E-state index in [0.717, 1.165) is 15.8 Å². The number of likely N-dealkylation sites (tertiary alicyclic amines) is 1. The molecule has 14 heteroatoms. The SMILES string of the molecule is C[C@]1(O)C(c2ccc(CNC(=O)OCc3ccc([N+](=O)[O-])cc3)c3ccccc23)[C@@H](O)CN1C(=O)OCc1ccc([N+](=O)[O-])cc1. The number of hydrogen-bond acceptors (Lipinski definition) is 10. The highest BCUT2D eigenvalue weighted by atomic mass is 16.6. The number of non-ortho nitro benzene ring substituents is 2. The van der Waals surface area contributed by atoms with Crippen LogP contribution in [0, 0.1) is 20.2 Å². The lowest BCUT2D eigenvalue weighted by Gasteiger charge is -2.34. The number of nitro groups is 2. The summed E-state index contributed by atoms with van der Waals surface area (Å²) in [4.78, 5) is 47.1. The number of rotatable bonds is 9. The predicted molar refractivity (Wildman–Crippen MR) is 163 cm³/mol. The Bertz CT molecular complexity index is 1780. The lowest BCUT2D eigenvalue weighted by Crippen LogP contribution is -2.48. The van der Waals surface area contributed by atoms with Gasteiger partial charge < -0.3 is 25.0 Å². The summed E-state index contributed by atoms with van der Waals surface area (Å²) in [6.07, 6.45) is -2.69. The molecule has 1 saturated heterocycles. The molecule has 46 heavy (non-hydrogen) atoms. The molecule has 1 unspecified atom stereocenters. The van der Waals surface area contributed by atoms with Gasteiger partial charge in [-0.05, 0) is 64.2 Å². The van der Waals surface area contributed by atoms with E-state index in [4.69, 9.17) is 9.47 Å². The van der Waals surface area contributed by atoms with Gasteiger partial charge in [-0.1, -0.05) is 36.4 Å². The molecule has 1 fully saturated rings. The lowest BCUT2D eigenvalue weighted by atomic mass is 9.84. The smallest absolute Gasteiger partial charge is 0.412 e. The van der Waals surface area contributed by atoms with Crippen LogP contribution < -0.4 is 5.32 Å². The zero-order chi connectivity index (χ0) is 33.0. The van der Waals surface area contributed by atoms with Crippen molar-refractivity contribution in [1.29, 1.82) is 0 Å². The normalized spacial score (nSPS) is 19.1. The molecule has 1 aliphatic rings. The zero-order valence-corrected chi connectivity index (χ0v) is 24.6. The summed E-state index contributed by atoms with van der Waals surface area (Å²) >= 11 is 0. The second kappa shape index (κ2) is 13.2. The van der Waals surface area contributed by atoms with Crippen LogP contribution in [-0.2, 0) is 29.2 Å². The van der Waals surface area contributed by atoms with Crippen LogP contribution in [0.5, 0.6) is 0 Å². The molecule has 0 spiro atoms. The fraction of sp³-hybridized carbons (Fsp3) is 0.250. The molecule has 4 aromatic carbocycles. The molecule has 1 aliphatic heterocycles. The third-order valence-electron chi connectivity index (χ3n) is 7.94. The molecule has 2 amide bonds. The Morgan fingerprint density at radius 1 is 0.870 bits per heavy atom. The average Bonchev–Trinajstić information content (AvgIpc) is 3.29. The summed E-state index contributed by atoms with van der Waals surface area (Å²) in [6, 6.07) is 21.9. The van der Waals surface area contributed by atoms with Gasteiger partial charge >= 0.3 is 12.2 Å². The van der Waals surface area contributed by atoms with Crippen LogP contribution >= 0.6 is 0 Å². The molecular weight excluding hydrogens is 600 g/mol. The number of aliphatic hydroxyl groups is 2. The first-order valence-electron chi connectivity index (χ1n) is 14.2. The fourth-order valence-corrected chi connectivity index (χ4v) is 5.60. The van der Waals surface area contributed by atoms with Crippen molar-refractivity contribution in [3.05, 3.63) is 127 Å². The van der Waals surface area contributed by atoms with Crippen LogP contribution in [0.2, 0.25) is 0 Å². The van der Waals surface area contributed by atoms with E-state index < -0.39 is 39.8 Å². The van der Waals surface area contributed by atoms with Crippen LogP contribution in [0.15, 0.2) is 84.9 Å². The van der Waals surface area contributed by atoms with Crippen molar-refractivity contribution in [3.63, 3.8) is 0 Å². The molecule has 0 aliphatic carbocycles. The summed E-state index contributed by atoms with van der Waals surface area (Å²) in [5.74, 6) is -0.905. The third kappa shape index (κ3) is 6.72. The predicted octanol–water partition coefficient (Wildman–Crippen LogP) is 4.89. The molecule has 0 saturated carbocycles. The molecule has 3 N–H and O–H groups in total. The molecule has 5 rings (SSSR count). The van der Waals surface area contributed by atoms with Crippen LogP contribution in [0.25, 0.3) is 10.8 Å². The first-order valence-corrected chi connectivity index (χ1v) is 14.2. The number of carbonyl (C=O) groups is 2. The molecule has 0 bridgehead atoms. The second-order valence-corrected chi connectivity index (χ2v) is 10.9. The van der Waals surface area contributed by atoms with Gasteiger partial charge in [0.25, 0.3) is 11.4 Å². The van der Waals surface area contributed by atoms with Gasteiger partial charge in [0.1, 0.15) is 18.9 Å². The monoisotopic (exact) mass is 630 g/mol. The quantitative estimate of drug-likeness (QED) is 0.169. The van der Waals surface area contributed by atoms with Gasteiger partial charge in [-0.25, -0.2) is 9.59 Å². The van der Waals surface area contributed by atoms with Gasteiger partial charge in [-0.2, -0.15) is 0 Å². The molecule has 1 heterocycles. The number of amides is 2. The Hall–Kier alpha value is -5.60. The van der Waals surface area contributed by atoms with Gasteiger partial charge in [0.05, 0.1) is 28.4 Å². The van der Waals surface area contributed by atoms with Crippen molar-refractivity contribution in [1.82, 2.24) is 10.2 Å². The summed E-state index contributed by atoms with van der Waals surface area (Å²) in [5, 5.41) is 48.5. The Morgan fingerprint density at radius 2 is 1.41 bits per heavy atom. The number of nitro benzene ring substituents is 2. The minimum Gasteiger partial charge on any atom is -0.445 e. The second-order valence-electron chi connectivity index (χ2n) is 10.9. The Morgan fingerprint density at radius 3 is 1.98 bits per heavy atom. The first-order chi connectivity index (χ1) is 22.0. The Labute approximate surface area is 262 Å². The van der Waals surface area contributed by atoms with Gasteiger partial charge in [-0.15, -0.1) is 0 Å². The highest BCUT2D eigenvalue weighted by Crippen LogP contribution is 2.43. The largest absolute Gasteiger partial charge is 0.445 e. The van der Waals surface area contributed by atoms with Crippen molar-refractivity contribution in [3.8, 4) is 0 Å². The van der Waals surface area contributed by atoms with Crippen LogP contribution in [-0.4, -0.2) is 55.5 Å². The highest BCUT2D eigenvalue weighted by Gasteiger charge is 2.53. The van der Waals surface area contributed by atoms with E-state index in [-0.39, 0.29) is 37.7 Å². The van der Waals surface area contributed by atoms with Gasteiger partial charge in [0.2, 0.25) is 0 Å². The minimum atomic E-state index is -1.84. The molecular formula is C32H30N4O10. The number of fused-ring (bicyclic) bond motifs is 1. The average molecular weight is 631 g/mol. The minimum absolute atomic E-state index is 0.0671. The maximum Gasteiger partial charge on any atom is 0.412 e. The van der Waals surface area contributed by atoms with E-state index in [2.05, 4.69) is 5.32 Å². The van der Waals surface area contributed by atoms with Crippen LogP contribution in [0.4, 0.5) is 21.0 Å². The number of nitrogens with one attached hydrogen (secondary N) is 1. The third-order valence-corrected chi connectivity index (χ3v) is 7.94. The lowest BCUT2D eigenvalue weighted by molar-refractivity contribution is -0.385. The topological polar surface area (TPSA) is 195 Å². The van der Waals surface area contributed by atoms with Crippen molar-refractivity contribution in [2.75, 3.05) is 6.54 Å². The van der Waals surface area contributed by atoms with E-state index in [1.54, 1.807) is 18.2 Å². The molecule has 238 valence electrons. The van der Waals surface area contributed by atoms with E-state index >= 15 is 0 Å². The van der Waals surface area contributed by atoms with E-state index in [1.807, 2.05) is 18.2 Å².